The molecule has 7 heteroatoms. The highest BCUT2D eigenvalue weighted by molar-refractivity contribution is 7.15. The SMILES string of the molecule is Cc1nnc(N2CCN(C(=O)CCCC(=O)c3ccccc3)CC2)s1. The Kier molecular flexibility index (Phi) is 5.75. The van der Waals surface area contributed by atoms with E-state index in [9.17, 15) is 9.59 Å². The summed E-state index contributed by atoms with van der Waals surface area (Å²) < 4.78 is 0. The second-order valence-electron chi connectivity index (χ2n) is 6.11. The van der Waals surface area contributed by atoms with Crippen LogP contribution in [0.5, 0.6) is 0 Å². The summed E-state index contributed by atoms with van der Waals surface area (Å²) in [5, 5.41) is 10.1. The van der Waals surface area contributed by atoms with Crippen molar-refractivity contribution in [3.8, 4) is 0 Å². The molecule has 0 aliphatic carbocycles. The highest BCUT2D eigenvalue weighted by atomic mass is 32.1. The van der Waals surface area contributed by atoms with Gasteiger partial charge in [-0.05, 0) is 13.3 Å². The standard InChI is InChI=1S/C18H22N4O2S/c1-14-19-20-18(25-14)22-12-10-21(11-13-22)17(24)9-5-8-16(23)15-6-3-2-4-7-15/h2-4,6-7H,5,8-13H2,1H3. The lowest BCUT2D eigenvalue weighted by Crippen LogP contribution is -2.48. The molecule has 0 atom stereocenters. The minimum absolute atomic E-state index is 0.102. The summed E-state index contributed by atoms with van der Waals surface area (Å²) in [6, 6.07) is 9.24. The maximum atomic E-state index is 12.3. The molecule has 0 bridgehead atoms. The number of aromatic nitrogens is 2. The summed E-state index contributed by atoms with van der Waals surface area (Å²) in [6.07, 6.45) is 1.44. The second-order valence-corrected chi connectivity index (χ2v) is 7.27. The molecule has 6 nitrogen and oxygen atoms in total. The van der Waals surface area contributed by atoms with E-state index in [0.29, 0.717) is 32.4 Å². The van der Waals surface area contributed by atoms with Crippen molar-refractivity contribution in [1.82, 2.24) is 15.1 Å². The third-order valence-corrected chi connectivity index (χ3v) is 5.21. The quantitative estimate of drug-likeness (QED) is 0.743. The van der Waals surface area contributed by atoms with E-state index in [4.69, 9.17) is 0 Å². The number of hydrogen-bond acceptors (Lipinski definition) is 6. The van der Waals surface area contributed by atoms with Crippen molar-refractivity contribution in [3.05, 3.63) is 40.9 Å². The van der Waals surface area contributed by atoms with Crippen molar-refractivity contribution >= 4 is 28.2 Å². The largest absolute Gasteiger partial charge is 0.343 e. The van der Waals surface area contributed by atoms with Crippen LogP contribution in [0.2, 0.25) is 0 Å². The van der Waals surface area contributed by atoms with E-state index in [1.165, 1.54) is 0 Å². The van der Waals surface area contributed by atoms with E-state index in [-0.39, 0.29) is 11.7 Å². The van der Waals surface area contributed by atoms with Crippen LogP contribution in [0.25, 0.3) is 0 Å². The maximum Gasteiger partial charge on any atom is 0.222 e. The molecule has 3 rings (SSSR count). The van der Waals surface area contributed by atoms with Crippen LogP contribution in [0.15, 0.2) is 30.3 Å². The van der Waals surface area contributed by atoms with E-state index in [1.807, 2.05) is 42.2 Å². The Labute approximate surface area is 151 Å². The summed E-state index contributed by atoms with van der Waals surface area (Å²) in [5.41, 5.74) is 0.718. The first-order valence-corrected chi connectivity index (χ1v) is 9.36. The minimum Gasteiger partial charge on any atom is -0.343 e. The molecule has 0 radical (unpaired) electrons. The molecule has 0 unspecified atom stereocenters. The van der Waals surface area contributed by atoms with Crippen molar-refractivity contribution in [2.45, 2.75) is 26.2 Å². The van der Waals surface area contributed by atoms with Crippen molar-refractivity contribution in [3.63, 3.8) is 0 Å². The first kappa shape index (κ1) is 17.5. The molecule has 1 saturated heterocycles. The van der Waals surface area contributed by atoms with Gasteiger partial charge in [0.15, 0.2) is 5.78 Å². The number of hydrogen-bond donors (Lipinski definition) is 0. The molecule has 1 aliphatic heterocycles. The number of piperazine rings is 1. The molecular formula is C18H22N4O2S. The summed E-state index contributed by atoms with van der Waals surface area (Å²) in [5.74, 6) is 0.235. The van der Waals surface area contributed by atoms with Crippen LogP contribution in [-0.2, 0) is 4.79 Å². The number of Topliss-reactive ketones (excluding diaryl/α,β-unsaturated/α-hetero) is 1. The Morgan fingerprint density at radius 2 is 1.76 bits per heavy atom. The van der Waals surface area contributed by atoms with Gasteiger partial charge in [0.2, 0.25) is 11.0 Å². The topological polar surface area (TPSA) is 66.4 Å². The highest BCUT2D eigenvalue weighted by Gasteiger charge is 2.22. The van der Waals surface area contributed by atoms with Crippen LogP contribution >= 0.6 is 11.3 Å². The number of carbonyl (C=O) groups excluding carboxylic acids is 2. The number of carbonyl (C=O) groups is 2. The lowest BCUT2D eigenvalue weighted by atomic mass is 10.1. The van der Waals surface area contributed by atoms with Crippen LogP contribution in [0.3, 0.4) is 0 Å². The Bertz CT molecular complexity index is 724. The molecular weight excluding hydrogens is 336 g/mol. The molecule has 0 N–H and O–H groups in total. The second kappa shape index (κ2) is 8.20. The smallest absolute Gasteiger partial charge is 0.222 e. The Morgan fingerprint density at radius 3 is 2.40 bits per heavy atom. The molecule has 1 amide bonds. The minimum atomic E-state index is 0.102. The van der Waals surface area contributed by atoms with Crippen LogP contribution in [0.4, 0.5) is 5.13 Å². The van der Waals surface area contributed by atoms with Crippen molar-refractivity contribution < 1.29 is 9.59 Å². The normalized spacial score (nSPS) is 14.6. The summed E-state index contributed by atoms with van der Waals surface area (Å²) in [7, 11) is 0. The third kappa shape index (κ3) is 4.63. The van der Waals surface area contributed by atoms with Gasteiger partial charge in [-0.3, -0.25) is 9.59 Å². The van der Waals surface area contributed by atoms with Gasteiger partial charge in [-0.2, -0.15) is 0 Å². The zero-order chi connectivity index (χ0) is 17.6. The first-order chi connectivity index (χ1) is 12.1. The van der Waals surface area contributed by atoms with E-state index in [1.54, 1.807) is 11.3 Å². The van der Waals surface area contributed by atoms with Gasteiger partial charge in [-0.25, -0.2) is 0 Å². The van der Waals surface area contributed by atoms with Gasteiger partial charge >= 0.3 is 0 Å². The monoisotopic (exact) mass is 358 g/mol. The van der Waals surface area contributed by atoms with Crippen LogP contribution in [0, 0.1) is 6.92 Å². The number of amides is 1. The fourth-order valence-corrected chi connectivity index (χ4v) is 3.63. The van der Waals surface area contributed by atoms with Crippen molar-refractivity contribution in [2.75, 3.05) is 31.1 Å². The Balaban J connectivity index is 1.40. The maximum absolute atomic E-state index is 12.3. The van der Waals surface area contributed by atoms with Crippen LogP contribution in [-0.4, -0.2) is 53.0 Å². The zero-order valence-electron chi connectivity index (χ0n) is 14.4. The molecule has 1 aliphatic rings. The summed E-state index contributed by atoms with van der Waals surface area (Å²) in [4.78, 5) is 28.5. The van der Waals surface area contributed by atoms with E-state index in [2.05, 4.69) is 15.1 Å². The third-order valence-electron chi connectivity index (χ3n) is 4.31. The highest BCUT2D eigenvalue weighted by Crippen LogP contribution is 2.21. The Hall–Kier alpha value is -2.28. The molecule has 1 aromatic heterocycles. The lowest BCUT2D eigenvalue weighted by molar-refractivity contribution is -0.131. The summed E-state index contributed by atoms with van der Waals surface area (Å²) >= 11 is 1.58. The number of ketones is 1. The molecule has 2 aromatic rings. The van der Waals surface area contributed by atoms with Gasteiger partial charge < -0.3 is 9.80 Å². The molecule has 132 valence electrons. The Morgan fingerprint density at radius 1 is 1.04 bits per heavy atom. The van der Waals surface area contributed by atoms with Crippen LogP contribution in [0.1, 0.15) is 34.6 Å². The average Bonchev–Trinajstić information content (AvgIpc) is 3.09. The molecule has 2 heterocycles. The van der Waals surface area contributed by atoms with E-state index in [0.717, 1.165) is 28.8 Å². The van der Waals surface area contributed by atoms with Gasteiger partial charge in [0.1, 0.15) is 5.01 Å². The lowest BCUT2D eigenvalue weighted by Gasteiger charge is -2.34. The van der Waals surface area contributed by atoms with Gasteiger partial charge in [0.05, 0.1) is 0 Å². The molecule has 0 saturated carbocycles. The number of benzene rings is 1. The zero-order valence-corrected chi connectivity index (χ0v) is 15.2. The number of aryl methyl sites for hydroxylation is 1. The van der Waals surface area contributed by atoms with Crippen molar-refractivity contribution in [2.24, 2.45) is 0 Å². The fourth-order valence-electron chi connectivity index (χ4n) is 2.89. The molecule has 1 aromatic carbocycles. The molecule has 1 fully saturated rings. The predicted molar refractivity (Wildman–Crippen MR) is 98.1 cm³/mol. The van der Waals surface area contributed by atoms with Crippen molar-refractivity contribution in [1.29, 1.82) is 0 Å². The van der Waals surface area contributed by atoms with Gasteiger partial charge in [-0.15, -0.1) is 10.2 Å². The summed E-state index contributed by atoms with van der Waals surface area (Å²) in [6.45, 7) is 4.90. The first-order valence-electron chi connectivity index (χ1n) is 8.54. The van der Waals surface area contributed by atoms with E-state index >= 15 is 0 Å². The number of anilines is 1. The molecule has 25 heavy (non-hydrogen) atoms. The van der Waals surface area contributed by atoms with Crippen LogP contribution < -0.4 is 4.90 Å². The predicted octanol–water partition coefficient (Wildman–Crippen LogP) is 2.55. The number of rotatable bonds is 6. The number of nitrogens with zero attached hydrogens (tertiary/aromatic N) is 4. The van der Waals surface area contributed by atoms with E-state index < -0.39 is 0 Å². The van der Waals surface area contributed by atoms with Gasteiger partial charge in [0.25, 0.3) is 0 Å². The molecule has 0 spiro atoms. The fraction of sp³-hybridized carbons (Fsp3) is 0.444. The average molecular weight is 358 g/mol. The van der Waals surface area contributed by atoms with Gasteiger partial charge in [-0.1, -0.05) is 41.7 Å². The van der Waals surface area contributed by atoms with Gasteiger partial charge in [0, 0.05) is 44.6 Å².